The predicted molar refractivity (Wildman–Crippen MR) is 67.2 cm³/mol. The molecular weight excluding hydrogens is 261 g/mol. The molecule has 2 rings (SSSR count). The first-order valence-corrected chi connectivity index (χ1v) is 6.32. The quantitative estimate of drug-likeness (QED) is 0.859. The Bertz CT molecular complexity index is 416. The van der Waals surface area contributed by atoms with Crippen LogP contribution in [0.15, 0.2) is 22.8 Å². The maximum atomic E-state index is 12.0. The summed E-state index contributed by atoms with van der Waals surface area (Å²) in [4.78, 5) is 12.0. The molecule has 1 N–H and O–H groups in total. The van der Waals surface area contributed by atoms with Crippen LogP contribution in [0.1, 0.15) is 26.0 Å². The molecule has 0 unspecified atom stereocenters. The fourth-order valence-corrected chi connectivity index (χ4v) is 2.52. The Balaban J connectivity index is 1.88. The van der Waals surface area contributed by atoms with Crippen LogP contribution in [-0.4, -0.2) is 16.3 Å². The normalized spacial score (nSPS) is 27.5. The summed E-state index contributed by atoms with van der Waals surface area (Å²) in [5.41, 5.74) is -0.659. The van der Waals surface area contributed by atoms with Crippen molar-refractivity contribution in [2.24, 2.45) is 5.41 Å². The number of rotatable bonds is 4. The number of hydrogen-bond donors (Lipinski definition) is 1. The average Bonchev–Trinajstić information content (AvgIpc) is 2.64. The molecule has 0 saturated heterocycles. The molecule has 0 radical (unpaired) electrons. The number of amides is 1. The molecule has 3 nitrogen and oxygen atoms in total. The zero-order chi connectivity index (χ0) is 12.7. The Morgan fingerprint density at radius 1 is 1.65 bits per heavy atom. The van der Waals surface area contributed by atoms with Crippen LogP contribution in [0.2, 0.25) is 0 Å². The van der Waals surface area contributed by atoms with Gasteiger partial charge in [0.2, 0.25) is 5.91 Å². The van der Waals surface area contributed by atoms with Gasteiger partial charge in [0, 0.05) is 12.5 Å². The number of carbonyl (C=O) groups is 1. The summed E-state index contributed by atoms with van der Waals surface area (Å²) in [5.74, 6) is 0.753. The number of halogens is 2. The maximum absolute atomic E-state index is 12.0. The molecule has 1 saturated carbocycles. The van der Waals surface area contributed by atoms with Crippen LogP contribution in [0, 0.1) is 5.41 Å². The standard InChI is InChI=1S/C12H15Cl2NO2/c1-8(6-9-4-3-5-17-9)15-10(16)11(2)7-12(11,13)14/h3-5,8H,6-7H2,1-2H3,(H,15,16)/t8-,11-/m0/s1. The summed E-state index contributed by atoms with van der Waals surface area (Å²) >= 11 is 11.9. The number of hydrogen-bond acceptors (Lipinski definition) is 2. The van der Waals surface area contributed by atoms with Gasteiger partial charge in [-0.15, -0.1) is 23.2 Å². The lowest BCUT2D eigenvalue weighted by molar-refractivity contribution is -0.126. The van der Waals surface area contributed by atoms with Gasteiger partial charge in [-0.1, -0.05) is 0 Å². The van der Waals surface area contributed by atoms with Crippen molar-refractivity contribution in [1.82, 2.24) is 5.32 Å². The minimum absolute atomic E-state index is 0.00444. The molecule has 1 aliphatic rings. The summed E-state index contributed by atoms with van der Waals surface area (Å²) in [5, 5.41) is 2.91. The Labute approximate surface area is 110 Å². The molecule has 94 valence electrons. The third-order valence-electron chi connectivity index (χ3n) is 3.22. The molecule has 0 aliphatic heterocycles. The molecule has 1 aromatic heterocycles. The second-order valence-corrected chi connectivity index (χ2v) is 6.36. The minimum atomic E-state index is -0.915. The van der Waals surface area contributed by atoms with Crippen molar-refractivity contribution in [3.05, 3.63) is 24.2 Å². The number of alkyl halides is 2. The van der Waals surface area contributed by atoms with Gasteiger partial charge < -0.3 is 9.73 Å². The van der Waals surface area contributed by atoms with Gasteiger partial charge in [-0.3, -0.25) is 4.79 Å². The van der Waals surface area contributed by atoms with Crippen LogP contribution >= 0.6 is 23.2 Å². The smallest absolute Gasteiger partial charge is 0.229 e. The molecule has 1 aromatic rings. The molecule has 0 spiro atoms. The molecular formula is C12H15Cl2NO2. The number of nitrogens with one attached hydrogen (secondary N) is 1. The van der Waals surface area contributed by atoms with Crippen molar-refractivity contribution < 1.29 is 9.21 Å². The van der Waals surface area contributed by atoms with E-state index in [0.29, 0.717) is 12.8 Å². The van der Waals surface area contributed by atoms with Crippen LogP contribution in [0.4, 0.5) is 0 Å². The van der Waals surface area contributed by atoms with Crippen LogP contribution in [-0.2, 0) is 11.2 Å². The van der Waals surface area contributed by atoms with E-state index in [9.17, 15) is 4.79 Å². The number of carbonyl (C=O) groups excluding carboxylic acids is 1. The molecule has 0 aromatic carbocycles. The van der Waals surface area contributed by atoms with E-state index in [-0.39, 0.29) is 11.9 Å². The molecule has 1 fully saturated rings. The summed E-state index contributed by atoms with van der Waals surface area (Å²) < 4.78 is 4.31. The van der Waals surface area contributed by atoms with Crippen LogP contribution < -0.4 is 5.32 Å². The van der Waals surface area contributed by atoms with Gasteiger partial charge in [-0.25, -0.2) is 0 Å². The van der Waals surface area contributed by atoms with E-state index in [4.69, 9.17) is 27.6 Å². The first-order valence-electron chi connectivity index (χ1n) is 5.56. The lowest BCUT2D eigenvalue weighted by Crippen LogP contribution is -2.40. The average molecular weight is 276 g/mol. The molecule has 2 atom stereocenters. The maximum Gasteiger partial charge on any atom is 0.229 e. The van der Waals surface area contributed by atoms with Gasteiger partial charge in [0.25, 0.3) is 0 Å². The summed E-state index contributed by atoms with van der Waals surface area (Å²) in [6, 6.07) is 3.71. The topological polar surface area (TPSA) is 42.2 Å². The zero-order valence-corrected chi connectivity index (χ0v) is 11.3. The largest absolute Gasteiger partial charge is 0.469 e. The highest BCUT2D eigenvalue weighted by atomic mass is 35.5. The highest BCUT2D eigenvalue weighted by molar-refractivity contribution is 6.53. The molecule has 1 amide bonds. The van der Waals surface area contributed by atoms with Crippen molar-refractivity contribution in [3.8, 4) is 0 Å². The second-order valence-electron chi connectivity index (χ2n) is 4.87. The van der Waals surface area contributed by atoms with E-state index in [2.05, 4.69) is 5.32 Å². The zero-order valence-electron chi connectivity index (χ0n) is 9.80. The fraction of sp³-hybridized carbons (Fsp3) is 0.583. The first-order chi connectivity index (χ1) is 7.85. The van der Waals surface area contributed by atoms with Crippen LogP contribution in [0.5, 0.6) is 0 Å². The molecule has 1 heterocycles. The lowest BCUT2D eigenvalue weighted by atomic mass is 10.1. The van der Waals surface area contributed by atoms with Crippen LogP contribution in [0.3, 0.4) is 0 Å². The molecule has 17 heavy (non-hydrogen) atoms. The number of furan rings is 1. The van der Waals surface area contributed by atoms with Gasteiger partial charge in [0.1, 0.15) is 10.1 Å². The molecule has 5 heteroatoms. The van der Waals surface area contributed by atoms with Gasteiger partial charge in [-0.05, 0) is 32.4 Å². The SMILES string of the molecule is C[C@@H](Cc1ccco1)NC(=O)[C@]1(C)CC1(Cl)Cl. The van der Waals surface area contributed by atoms with Crippen molar-refractivity contribution in [2.45, 2.75) is 37.1 Å². The Morgan fingerprint density at radius 2 is 2.29 bits per heavy atom. The third kappa shape index (κ3) is 2.45. The van der Waals surface area contributed by atoms with Gasteiger partial charge in [-0.2, -0.15) is 0 Å². The van der Waals surface area contributed by atoms with E-state index < -0.39 is 9.75 Å². The van der Waals surface area contributed by atoms with Gasteiger partial charge in [0.15, 0.2) is 0 Å². The third-order valence-corrected chi connectivity index (χ3v) is 4.33. The first kappa shape index (κ1) is 12.8. The Hall–Kier alpha value is -0.670. The van der Waals surface area contributed by atoms with E-state index in [1.807, 2.05) is 19.1 Å². The van der Waals surface area contributed by atoms with Crippen molar-refractivity contribution in [3.63, 3.8) is 0 Å². The lowest BCUT2D eigenvalue weighted by Gasteiger charge is -2.17. The second kappa shape index (κ2) is 4.21. The highest BCUT2D eigenvalue weighted by Gasteiger charge is 2.67. The highest BCUT2D eigenvalue weighted by Crippen LogP contribution is 2.63. The van der Waals surface area contributed by atoms with E-state index >= 15 is 0 Å². The van der Waals surface area contributed by atoms with E-state index in [0.717, 1.165) is 5.76 Å². The Kier molecular flexibility index (Phi) is 3.17. The van der Waals surface area contributed by atoms with Crippen LogP contribution in [0.25, 0.3) is 0 Å². The predicted octanol–water partition coefficient (Wildman–Crippen LogP) is 2.91. The summed E-state index contributed by atoms with van der Waals surface area (Å²) in [6.45, 7) is 3.71. The summed E-state index contributed by atoms with van der Waals surface area (Å²) in [6.07, 6.45) is 2.78. The molecule has 0 bridgehead atoms. The summed E-state index contributed by atoms with van der Waals surface area (Å²) in [7, 11) is 0. The van der Waals surface area contributed by atoms with E-state index in [1.165, 1.54) is 0 Å². The molecule has 1 aliphatic carbocycles. The van der Waals surface area contributed by atoms with Crippen molar-refractivity contribution >= 4 is 29.1 Å². The van der Waals surface area contributed by atoms with E-state index in [1.54, 1.807) is 13.2 Å². The Morgan fingerprint density at radius 3 is 2.76 bits per heavy atom. The fourth-order valence-electron chi connectivity index (χ4n) is 1.81. The minimum Gasteiger partial charge on any atom is -0.469 e. The van der Waals surface area contributed by atoms with Gasteiger partial charge >= 0.3 is 0 Å². The van der Waals surface area contributed by atoms with Gasteiger partial charge in [0.05, 0.1) is 11.7 Å². The monoisotopic (exact) mass is 275 g/mol. The van der Waals surface area contributed by atoms with Crippen molar-refractivity contribution in [2.75, 3.05) is 0 Å². The van der Waals surface area contributed by atoms with Crippen molar-refractivity contribution in [1.29, 1.82) is 0 Å².